The largest absolute Gasteiger partial charge is 0.491 e. The quantitative estimate of drug-likeness (QED) is 0.473. The van der Waals surface area contributed by atoms with Crippen LogP contribution in [0.15, 0.2) is 12.1 Å². The third-order valence-corrected chi connectivity index (χ3v) is 5.01. The average Bonchev–Trinajstić information content (AvgIpc) is 3.04. The number of fused-ring (bicyclic) bond motifs is 1. The molecule has 3 rings (SSSR count). The van der Waals surface area contributed by atoms with Gasteiger partial charge in [0, 0.05) is 6.42 Å². The smallest absolute Gasteiger partial charge is 0.316 e. The van der Waals surface area contributed by atoms with Crippen LogP contribution in [-0.2, 0) is 20.7 Å². The fourth-order valence-corrected chi connectivity index (χ4v) is 3.74. The summed E-state index contributed by atoms with van der Waals surface area (Å²) in [7, 11) is 0. The molecule has 2 heterocycles. The van der Waals surface area contributed by atoms with Gasteiger partial charge in [-0.3, -0.25) is 9.59 Å². The van der Waals surface area contributed by atoms with Gasteiger partial charge in [-0.15, -0.1) is 0 Å². The van der Waals surface area contributed by atoms with Crippen LogP contribution in [0.1, 0.15) is 52.1 Å². The van der Waals surface area contributed by atoms with Crippen molar-refractivity contribution in [1.29, 1.82) is 0 Å². The van der Waals surface area contributed by atoms with Crippen LogP contribution in [0.2, 0.25) is 0 Å². The number of rotatable bonds is 10. The normalized spacial score (nSPS) is 16.7. The zero-order valence-corrected chi connectivity index (χ0v) is 17.3. The molecule has 0 bridgehead atoms. The molecule has 1 atom stereocenters. The van der Waals surface area contributed by atoms with Crippen LogP contribution in [0.5, 0.6) is 17.2 Å². The molecule has 158 valence electrons. The second-order valence-corrected chi connectivity index (χ2v) is 6.97. The lowest BCUT2D eigenvalue weighted by Gasteiger charge is -2.19. The maximum absolute atomic E-state index is 11.9. The Morgan fingerprint density at radius 2 is 1.76 bits per heavy atom. The molecule has 1 aliphatic heterocycles. The summed E-state index contributed by atoms with van der Waals surface area (Å²) in [5, 5.41) is 0.886. The monoisotopic (exact) mass is 403 g/mol. The van der Waals surface area contributed by atoms with Crippen molar-refractivity contribution in [3.63, 3.8) is 0 Å². The second kappa shape index (κ2) is 9.67. The van der Waals surface area contributed by atoms with Crippen molar-refractivity contribution in [1.82, 2.24) is 4.98 Å². The van der Waals surface area contributed by atoms with Gasteiger partial charge >= 0.3 is 11.9 Å². The number of carbonyl (C=O) groups excluding carboxylic acids is 2. The number of benzene rings is 1. The Balaban J connectivity index is 1.83. The number of hydrogen-bond acceptors (Lipinski definition) is 6. The summed E-state index contributed by atoms with van der Waals surface area (Å²) in [6.45, 7) is 7.43. The van der Waals surface area contributed by atoms with Crippen LogP contribution in [0, 0.1) is 5.92 Å². The van der Waals surface area contributed by atoms with Crippen LogP contribution in [0.25, 0.3) is 10.9 Å². The standard InChI is InChI=1S/C22H29NO6/c1-4-26-17-12-11-15-19(21(17)28-6-3)20(27-5-2)16(23-15)9-7-8-14-10-13-18(24)29-22(14)25/h11-12,14,23H,4-10,13H2,1-3H3. The minimum atomic E-state index is -0.422. The van der Waals surface area contributed by atoms with E-state index < -0.39 is 11.9 Å². The molecule has 1 aromatic heterocycles. The van der Waals surface area contributed by atoms with Gasteiger partial charge in [-0.25, -0.2) is 0 Å². The van der Waals surface area contributed by atoms with Crippen molar-refractivity contribution < 1.29 is 28.5 Å². The predicted octanol–water partition coefficient (Wildman–Crippen LogP) is 4.17. The van der Waals surface area contributed by atoms with Gasteiger partial charge in [-0.2, -0.15) is 0 Å². The van der Waals surface area contributed by atoms with E-state index in [9.17, 15) is 9.59 Å². The van der Waals surface area contributed by atoms with Gasteiger partial charge < -0.3 is 23.9 Å². The van der Waals surface area contributed by atoms with E-state index >= 15 is 0 Å². The highest BCUT2D eigenvalue weighted by Crippen LogP contribution is 2.43. The first-order valence-corrected chi connectivity index (χ1v) is 10.4. The maximum atomic E-state index is 11.9. The molecule has 2 aromatic rings. The zero-order valence-electron chi connectivity index (χ0n) is 17.3. The summed E-state index contributed by atoms with van der Waals surface area (Å²) in [4.78, 5) is 26.5. The van der Waals surface area contributed by atoms with Crippen molar-refractivity contribution >= 4 is 22.8 Å². The molecule has 0 saturated carbocycles. The Bertz CT molecular complexity index is 872. The third kappa shape index (κ3) is 4.66. The van der Waals surface area contributed by atoms with Gasteiger partial charge in [0.2, 0.25) is 0 Å². The Kier molecular flexibility index (Phi) is 7.01. The van der Waals surface area contributed by atoms with Gasteiger partial charge in [0.05, 0.1) is 42.3 Å². The van der Waals surface area contributed by atoms with Gasteiger partial charge in [-0.05, 0) is 58.6 Å². The summed E-state index contributed by atoms with van der Waals surface area (Å²) >= 11 is 0. The van der Waals surface area contributed by atoms with E-state index in [1.54, 1.807) is 0 Å². The number of ether oxygens (including phenoxy) is 4. The topological polar surface area (TPSA) is 86.9 Å². The lowest BCUT2D eigenvalue weighted by atomic mass is 9.94. The van der Waals surface area contributed by atoms with E-state index in [2.05, 4.69) is 4.98 Å². The molecule has 0 aliphatic carbocycles. The highest BCUT2D eigenvalue weighted by molar-refractivity contribution is 5.95. The van der Waals surface area contributed by atoms with E-state index in [1.165, 1.54) is 0 Å². The molecule has 1 N–H and O–H groups in total. The van der Waals surface area contributed by atoms with Gasteiger partial charge in [0.1, 0.15) is 0 Å². The number of esters is 2. The maximum Gasteiger partial charge on any atom is 0.316 e. The number of hydrogen-bond donors (Lipinski definition) is 1. The van der Waals surface area contributed by atoms with Crippen molar-refractivity contribution in [3.8, 4) is 17.2 Å². The van der Waals surface area contributed by atoms with Crippen LogP contribution in [0.4, 0.5) is 0 Å². The molecule has 0 spiro atoms. The Hall–Kier alpha value is -2.70. The highest BCUT2D eigenvalue weighted by Gasteiger charge is 2.29. The molecular weight excluding hydrogens is 374 g/mol. The van der Waals surface area contributed by atoms with Crippen LogP contribution in [0.3, 0.4) is 0 Å². The number of aromatic nitrogens is 1. The van der Waals surface area contributed by atoms with Crippen LogP contribution >= 0.6 is 0 Å². The second-order valence-electron chi connectivity index (χ2n) is 6.97. The Labute approximate surface area is 170 Å². The molecule has 0 amide bonds. The Morgan fingerprint density at radius 3 is 2.45 bits per heavy atom. The van der Waals surface area contributed by atoms with Crippen molar-refractivity contribution in [2.24, 2.45) is 5.92 Å². The summed E-state index contributed by atoms with van der Waals surface area (Å²) in [5.74, 6) is 1.12. The zero-order chi connectivity index (χ0) is 20.8. The molecule has 1 unspecified atom stereocenters. The summed E-state index contributed by atoms with van der Waals surface area (Å²) in [6, 6.07) is 3.88. The first-order chi connectivity index (χ1) is 14.1. The van der Waals surface area contributed by atoms with E-state index in [-0.39, 0.29) is 5.92 Å². The predicted molar refractivity (Wildman–Crippen MR) is 109 cm³/mol. The van der Waals surface area contributed by atoms with Crippen molar-refractivity contribution in [3.05, 3.63) is 17.8 Å². The summed E-state index contributed by atoms with van der Waals surface area (Å²) in [6.07, 6.45) is 3.05. The lowest BCUT2D eigenvalue weighted by Crippen LogP contribution is -2.27. The van der Waals surface area contributed by atoms with Crippen molar-refractivity contribution in [2.45, 2.75) is 52.9 Å². The number of carbonyl (C=O) groups is 2. The molecule has 7 nitrogen and oxygen atoms in total. The highest BCUT2D eigenvalue weighted by atomic mass is 16.6. The fraction of sp³-hybridized carbons (Fsp3) is 0.545. The summed E-state index contributed by atoms with van der Waals surface area (Å²) < 4.78 is 22.4. The van der Waals surface area contributed by atoms with Gasteiger partial charge in [-0.1, -0.05) is 0 Å². The minimum Gasteiger partial charge on any atom is -0.491 e. The Morgan fingerprint density at radius 1 is 1.03 bits per heavy atom. The molecule has 1 aliphatic rings. The van der Waals surface area contributed by atoms with Gasteiger partial charge in [0.25, 0.3) is 0 Å². The molecule has 1 saturated heterocycles. The molecular formula is C22H29NO6. The first-order valence-electron chi connectivity index (χ1n) is 10.4. The van der Waals surface area contributed by atoms with Crippen LogP contribution < -0.4 is 14.2 Å². The van der Waals surface area contributed by atoms with Crippen molar-refractivity contribution in [2.75, 3.05) is 19.8 Å². The molecule has 29 heavy (non-hydrogen) atoms. The van der Waals surface area contributed by atoms with E-state index in [0.29, 0.717) is 50.6 Å². The third-order valence-electron chi connectivity index (χ3n) is 5.01. The van der Waals surface area contributed by atoms with E-state index in [0.717, 1.165) is 35.2 Å². The van der Waals surface area contributed by atoms with E-state index in [4.69, 9.17) is 18.9 Å². The molecule has 1 fully saturated rings. The lowest BCUT2D eigenvalue weighted by molar-refractivity contribution is -0.167. The minimum absolute atomic E-state index is 0.212. The van der Waals surface area contributed by atoms with Crippen LogP contribution in [-0.4, -0.2) is 36.7 Å². The summed E-state index contributed by atoms with van der Waals surface area (Å²) in [5.41, 5.74) is 1.90. The molecule has 1 aromatic carbocycles. The average molecular weight is 403 g/mol. The fourth-order valence-electron chi connectivity index (χ4n) is 3.74. The SMILES string of the molecule is CCOc1ccc2[nH]c(CCCC3CCC(=O)OC3=O)c(OCC)c2c1OCC. The number of nitrogens with one attached hydrogen (secondary N) is 1. The number of cyclic esters (lactones) is 2. The first kappa shape index (κ1) is 21.0. The molecule has 0 radical (unpaired) electrons. The van der Waals surface area contributed by atoms with Gasteiger partial charge in [0.15, 0.2) is 17.2 Å². The molecule has 7 heteroatoms. The number of H-pyrrole nitrogens is 1. The number of aromatic amines is 1. The van der Waals surface area contributed by atoms with E-state index in [1.807, 2.05) is 32.9 Å². The number of aryl methyl sites for hydroxylation is 1.